The number of piperidine rings is 1. The normalized spacial score (nSPS) is 15.5. The molecule has 0 N–H and O–H groups in total. The quantitative estimate of drug-likeness (QED) is 0.782. The number of nitrogens with zero attached hydrogens (tertiary/aromatic N) is 1. The van der Waals surface area contributed by atoms with Crippen molar-refractivity contribution in [1.82, 2.24) is 4.90 Å². The molecule has 1 saturated heterocycles. The van der Waals surface area contributed by atoms with Crippen LogP contribution in [0, 0.1) is 0 Å². The van der Waals surface area contributed by atoms with E-state index in [0.29, 0.717) is 32.5 Å². The minimum atomic E-state index is -0.0483. The lowest BCUT2D eigenvalue weighted by Gasteiger charge is -2.24. The summed E-state index contributed by atoms with van der Waals surface area (Å²) < 4.78 is 5.66. The summed E-state index contributed by atoms with van der Waals surface area (Å²) in [4.78, 5) is 25.0. The molecule has 0 aromatic heterocycles. The standard InChI is InChI=1S/C17H21NO3/c1-2-13-21-16-6-4-3-5-14(16)7-8-17(20)18-11-9-15(19)10-12-18/h3-8H,2,9-13H2,1H3/b8-7+. The Labute approximate surface area is 125 Å². The van der Waals surface area contributed by atoms with Crippen molar-refractivity contribution in [3.63, 3.8) is 0 Å². The van der Waals surface area contributed by atoms with Crippen molar-refractivity contribution in [3.05, 3.63) is 35.9 Å². The van der Waals surface area contributed by atoms with Crippen LogP contribution in [0.4, 0.5) is 0 Å². The molecule has 1 aliphatic heterocycles. The van der Waals surface area contributed by atoms with Gasteiger partial charge in [0, 0.05) is 37.6 Å². The molecule has 4 heteroatoms. The molecule has 1 aliphatic rings. The van der Waals surface area contributed by atoms with Crippen LogP contribution in [-0.4, -0.2) is 36.3 Å². The fourth-order valence-electron chi connectivity index (χ4n) is 2.20. The van der Waals surface area contributed by atoms with E-state index in [1.165, 1.54) is 0 Å². The maximum absolute atomic E-state index is 12.1. The van der Waals surface area contributed by atoms with E-state index in [-0.39, 0.29) is 11.7 Å². The molecule has 0 saturated carbocycles. The minimum absolute atomic E-state index is 0.0483. The molecular weight excluding hydrogens is 266 g/mol. The molecule has 0 radical (unpaired) electrons. The predicted molar refractivity (Wildman–Crippen MR) is 82.1 cm³/mol. The van der Waals surface area contributed by atoms with Gasteiger partial charge in [-0.15, -0.1) is 0 Å². The first kappa shape index (κ1) is 15.3. The number of rotatable bonds is 5. The molecule has 0 bridgehead atoms. The van der Waals surface area contributed by atoms with E-state index < -0.39 is 0 Å². The third-order valence-corrected chi connectivity index (χ3v) is 3.42. The van der Waals surface area contributed by atoms with Crippen molar-refractivity contribution in [2.75, 3.05) is 19.7 Å². The zero-order valence-electron chi connectivity index (χ0n) is 12.4. The van der Waals surface area contributed by atoms with E-state index in [9.17, 15) is 9.59 Å². The lowest BCUT2D eigenvalue weighted by atomic mass is 10.1. The van der Waals surface area contributed by atoms with Crippen molar-refractivity contribution in [1.29, 1.82) is 0 Å². The lowest BCUT2D eigenvalue weighted by molar-refractivity contribution is -0.130. The minimum Gasteiger partial charge on any atom is -0.493 e. The van der Waals surface area contributed by atoms with Crippen LogP contribution in [0.5, 0.6) is 5.75 Å². The summed E-state index contributed by atoms with van der Waals surface area (Å²) in [7, 11) is 0. The number of ketones is 1. The van der Waals surface area contributed by atoms with E-state index in [4.69, 9.17) is 4.74 Å². The molecule has 21 heavy (non-hydrogen) atoms. The molecule has 4 nitrogen and oxygen atoms in total. The summed E-state index contributed by atoms with van der Waals surface area (Å²) in [5, 5.41) is 0. The van der Waals surface area contributed by atoms with Gasteiger partial charge in [-0.2, -0.15) is 0 Å². The summed E-state index contributed by atoms with van der Waals surface area (Å²) in [6.07, 6.45) is 5.22. The fraction of sp³-hybridized carbons (Fsp3) is 0.412. The number of carbonyl (C=O) groups is 2. The summed E-state index contributed by atoms with van der Waals surface area (Å²) in [6, 6.07) is 7.66. The van der Waals surface area contributed by atoms with Gasteiger partial charge in [-0.1, -0.05) is 25.1 Å². The van der Waals surface area contributed by atoms with Gasteiger partial charge in [0.15, 0.2) is 0 Å². The molecule has 112 valence electrons. The van der Waals surface area contributed by atoms with Gasteiger partial charge >= 0.3 is 0 Å². The average Bonchev–Trinajstić information content (AvgIpc) is 2.52. The summed E-state index contributed by atoms with van der Waals surface area (Å²) in [5.74, 6) is 0.978. The summed E-state index contributed by atoms with van der Waals surface area (Å²) in [6.45, 7) is 3.76. The van der Waals surface area contributed by atoms with Gasteiger partial charge in [-0.25, -0.2) is 0 Å². The number of hydrogen-bond donors (Lipinski definition) is 0. The molecule has 1 aromatic rings. The number of para-hydroxylation sites is 1. The zero-order valence-corrected chi connectivity index (χ0v) is 12.4. The Morgan fingerprint density at radius 2 is 2.00 bits per heavy atom. The van der Waals surface area contributed by atoms with Crippen LogP contribution in [-0.2, 0) is 9.59 Å². The van der Waals surface area contributed by atoms with Gasteiger partial charge in [0.05, 0.1) is 6.61 Å². The Kier molecular flexibility index (Phi) is 5.55. The van der Waals surface area contributed by atoms with E-state index >= 15 is 0 Å². The van der Waals surface area contributed by atoms with E-state index in [2.05, 4.69) is 6.92 Å². The smallest absolute Gasteiger partial charge is 0.246 e. The number of benzene rings is 1. The largest absolute Gasteiger partial charge is 0.493 e. The lowest BCUT2D eigenvalue weighted by Crippen LogP contribution is -2.37. The molecule has 1 heterocycles. The first-order valence-electron chi connectivity index (χ1n) is 7.41. The molecule has 0 aliphatic carbocycles. The Balaban J connectivity index is 2.00. The third-order valence-electron chi connectivity index (χ3n) is 3.42. The maximum atomic E-state index is 12.1. The summed E-state index contributed by atoms with van der Waals surface area (Å²) >= 11 is 0. The molecule has 0 spiro atoms. The molecule has 0 atom stereocenters. The number of carbonyl (C=O) groups excluding carboxylic acids is 2. The first-order chi connectivity index (χ1) is 10.2. The van der Waals surface area contributed by atoms with Crippen LogP contribution in [0.15, 0.2) is 30.3 Å². The van der Waals surface area contributed by atoms with Gasteiger partial charge in [-0.3, -0.25) is 9.59 Å². The van der Waals surface area contributed by atoms with E-state index in [1.54, 1.807) is 17.1 Å². The van der Waals surface area contributed by atoms with Gasteiger partial charge in [-0.05, 0) is 18.6 Å². The average molecular weight is 287 g/mol. The van der Waals surface area contributed by atoms with Crippen molar-refractivity contribution >= 4 is 17.8 Å². The second-order valence-electron chi connectivity index (χ2n) is 5.08. The van der Waals surface area contributed by atoms with Gasteiger partial charge in [0.2, 0.25) is 5.91 Å². The molecule has 0 unspecified atom stereocenters. The highest BCUT2D eigenvalue weighted by atomic mass is 16.5. The molecule has 1 fully saturated rings. The number of likely N-dealkylation sites (tertiary alicyclic amines) is 1. The van der Waals surface area contributed by atoms with Crippen LogP contribution < -0.4 is 4.74 Å². The van der Waals surface area contributed by atoms with Crippen LogP contribution >= 0.6 is 0 Å². The number of hydrogen-bond acceptors (Lipinski definition) is 3. The topological polar surface area (TPSA) is 46.6 Å². The molecular formula is C17H21NO3. The number of Topliss-reactive ketones (excluding diaryl/α,β-unsaturated/α-hetero) is 1. The van der Waals surface area contributed by atoms with Crippen molar-refractivity contribution in [2.24, 2.45) is 0 Å². The molecule has 2 rings (SSSR count). The monoisotopic (exact) mass is 287 g/mol. The SMILES string of the molecule is CCCOc1ccccc1/C=C/C(=O)N1CCC(=O)CC1. The Hall–Kier alpha value is -2.10. The second-order valence-corrected chi connectivity index (χ2v) is 5.08. The van der Waals surface area contributed by atoms with Crippen LogP contribution in [0.25, 0.3) is 6.08 Å². The maximum Gasteiger partial charge on any atom is 0.246 e. The second kappa shape index (κ2) is 7.62. The van der Waals surface area contributed by atoms with Gasteiger partial charge in [0.1, 0.15) is 11.5 Å². The van der Waals surface area contributed by atoms with Crippen molar-refractivity contribution in [3.8, 4) is 5.75 Å². The fourth-order valence-corrected chi connectivity index (χ4v) is 2.20. The van der Waals surface area contributed by atoms with Crippen molar-refractivity contribution < 1.29 is 14.3 Å². The Bertz CT molecular complexity index is 527. The molecule has 1 amide bonds. The van der Waals surface area contributed by atoms with Crippen LogP contribution in [0.3, 0.4) is 0 Å². The highest BCUT2D eigenvalue weighted by molar-refractivity contribution is 5.93. The van der Waals surface area contributed by atoms with Crippen LogP contribution in [0.2, 0.25) is 0 Å². The first-order valence-corrected chi connectivity index (χ1v) is 7.41. The zero-order chi connectivity index (χ0) is 15.1. The van der Waals surface area contributed by atoms with Gasteiger partial charge in [0.25, 0.3) is 0 Å². The van der Waals surface area contributed by atoms with Crippen molar-refractivity contribution in [2.45, 2.75) is 26.2 Å². The Morgan fingerprint density at radius 1 is 1.29 bits per heavy atom. The number of amides is 1. The molecule has 1 aromatic carbocycles. The highest BCUT2D eigenvalue weighted by Gasteiger charge is 2.18. The van der Waals surface area contributed by atoms with E-state index in [1.807, 2.05) is 24.3 Å². The highest BCUT2D eigenvalue weighted by Crippen LogP contribution is 2.20. The predicted octanol–water partition coefficient (Wildman–Crippen LogP) is 2.68. The van der Waals surface area contributed by atoms with Crippen LogP contribution in [0.1, 0.15) is 31.7 Å². The third kappa shape index (κ3) is 4.45. The summed E-state index contributed by atoms with van der Waals surface area (Å²) in [5.41, 5.74) is 0.896. The number of ether oxygens (including phenoxy) is 1. The van der Waals surface area contributed by atoms with E-state index in [0.717, 1.165) is 17.7 Å². The van der Waals surface area contributed by atoms with Gasteiger partial charge < -0.3 is 9.64 Å². The Morgan fingerprint density at radius 3 is 2.71 bits per heavy atom.